The number of esters is 3. The topological polar surface area (TPSA) is 78.9 Å². The quantitative estimate of drug-likeness (QED) is 0.0262. The monoisotopic (exact) mass is 889 g/mol. The fraction of sp³-hybridized carbons (Fsp3) is 0.672. The summed E-state index contributed by atoms with van der Waals surface area (Å²) >= 11 is 0. The Bertz CT molecular complexity index is 1300. The van der Waals surface area contributed by atoms with Crippen molar-refractivity contribution in [2.24, 2.45) is 0 Å². The molecule has 0 N–H and O–H groups in total. The smallest absolute Gasteiger partial charge is 0.306 e. The van der Waals surface area contributed by atoms with Gasteiger partial charge in [-0.05, 0) is 103 Å². The molecule has 0 aromatic carbocycles. The third-order valence-corrected chi connectivity index (χ3v) is 10.8. The first-order chi connectivity index (χ1) is 31.5. The zero-order valence-electron chi connectivity index (χ0n) is 41.5. The summed E-state index contributed by atoms with van der Waals surface area (Å²) in [5, 5.41) is 0. The Hall–Kier alpha value is -3.67. The maximum atomic E-state index is 12.8. The summed E-state index contributed by atoms with van der Waals surface area (Å²) in [4.78, 5) is 37.9. The van der Waals surface area contributed by atoms with Gasteiger partial charge in [-0.1, -0.05) is 208 Å². The minimum absolute atomic E-state index is 0.109. The van der Waals surface area contributed by atoms with Crippen molar-refractivity contribution in [1.82, 2.24) is 0 Å². The van der Waals surface area contributed by atoms with Crippen molar-refractivity contribution in [2.45, 2.75) is 239 Å². The molecule has 0 saturated heterocycles. The summed E-state index contributed by atoms with van der Waals surface area (Å²) in [6.45, 7) is 6.40. The van der Waals surface area contributed by atoms with E-state index in [0.29, 0.717) is 19.3 Å². The van der Waals surface area contributed by atoms with Crippen LogP contribution in [0.3, 0.4) is 0 Å². The van der Waals surface area contributed by atoms with Crippen molar-refractivity contribution >= 4 is 17.9 Å². The van der Waals surface area contributed by atoms with Crippen LogP contribution < -0.4 is 0 Å². The van der Waals surface area contributed by atoms with E-state index in [0.717, 1.165) is 103 Å². The van der Waals surface area contributed by atoms with Gasteiger partial charge in [0.15, 0.2) is 6.10 Å². The van der Waals surface area contributed by atoms with E-state index in [1.165, 1.54) is 83.5 Å². The third kappa shape index (κ3) is 49.3. The third-order valence-electron chi connectivity index (χ3n) is 10.8. The van der Waals surface area contributed by atoms with Gasteiger partial charge in [-0.25, -0.2) is 0 Å². The standard InChI is InChI=1S/C58H96O6/c1-4-7-10-13-16-19-22-24-26-28-29-30-32-33-36-39-42-45-48-51-57(60)63-54-55(53-62-56(59)50-47-44-41-38-35-21-18-15-12-9-6-3)64-58(61)52-49-46-43-40-37-34-31-27-25-23-20-17-14-11-8-5-2/h7,10,15-16,18-19,24,26-27,29-31,33,36,42,45,55H,4-6,8-9,11-14,17,20-23,25,28,32,34-35,37-41,43-44,46-54H2,1-3H3/b10-7-,18-15-,19-16-,26-24-,30-29-,31-27-,36-33-,45-42-. The predicted octanol–water partition coefficient (Wildman–Crippen LogP) is 17.4. The Morgan fingerprint density at radius 2 is 0.656 bits per heavy atom. The SMILES string of the molecule is CC/C=C\C/C=C\C/C=C\C/C=C\C/C=C\C/C=C\CCC(=O)OCC(COC(=O)CCCCCCC/C=C\CCCC)OC(=O)CCCCCCC/C=C\CCCCCCCCC. The minimum atomic E-state index is -0.815. The second kappa shape index (κ2) is 52.0. The molecule has 0 bridgehead atoms. The van der Waals surface area contributed by atoms with Crippen LogP contribution in [0.2, 0.25) is 0 Å². The van der Waals surface area contributed by atoms with Crippen LogP contribution in [0.25, 0.3) is 0 Å². The summed E-state index contributed by atoms with van der Waals surface area (Å²) in [6, 6.07) is 0. The van der Waals surface area contributed by atoms with Gasteiger partial charge in [0.2, 0.25) is 0 Å². The van der Waals surface area contributed by atoms with Crippen LogP contribution in [0, 0.1) is 0 Å². The molecular weight excluding hydrogens is 793 g/mol. The predicted molar refractivity (Wildman–Crippen MR) is 274 cm³/mol. The fourth-order valence-corrected chi connectivity index (χ4v) is 6.85. The highest BCUT2D eigenvalue weighted by Crippen LogP contribution is 2.13. The maximum Gasteiger partial charge on any atom is 0.306 e. The molecule has 0 amide bonds. The Morgan fingerprint density at radius 1 is 0.328 bits per heavy atom. The molecule has 6 nitrogen and oxygen atoms in total. The van der Waals surface area contributed by atoms with Gasteiger partial charge in [0.25, 0.3) is 0 Å². The van der Waals surface area contributed by atoms with E-state index in [1.54, 1.807) is 0 Å². The van der Waals surface area contributed by atoms with Crippen LogP contribution >= 0.6 is 0 Å². The summed E-state index contributed by atoms with van der Waals surface area (Å²) in [7, 11) is 0. The molecule has 0 aromatic rings. The van der Waals surface area contributed by atoms with Crippen molar-refractivity contribution in [1.29, 1.82) is 0 Å². The van der Waals surface area contributed by atoms with Gasteiger partial charge < -0.3 is 14.2 Å². The highest BCUT2D eigenvalue weighted by molar-refractivity contribution is 5.71. The molecular formula is C58H96O6. The van der Waals surface area contributed by atoms with E-state index >= 15 is 0 Å². The van der Waals surface area contributed by atoms with Crippen LogP contribution in [0.1, 0.15) is 233 Å². The lowest BCUT2D eigenvalue weighted by molar-refractivity contribution is -0.166. The average molecular weight is 889 g/mol. The van der Waals surface area contributed by atoms with Crippen LogP contribution in [0.4, 0.5) is 0 Å². The maximum absolute atomic E-state index is 12.8. The molecule has 0 saturated carbocycles. The first-order valence-corrected chi connectivity index (χ1v) is 26.2. The molecule has 0 aromatic heterocycles. The van der Waals surface area contributed by atoms with Gasteiger partial charge in [0.05, 0.1) is 0 Å². The minimum Gasteiger partial charge on any atom is -0.462 e. The Labute approximate surface area is 394 Å². The van der Waals surface area contributed by atoms with E-state index in [4.69, 9.17) is 14.2 Å². The molecule has 64 heavy (non-hydrogen) atoms. The second-order valence-electron chi connectivity index (χ2n) is 17.0. The number of allylic oxidation sites excluding steroid dienone is 16. The van der Waals surface area contributed by atoms with Crippen LogP contribution in [-0.2, 0) is 28.6 Å². The van der Waals surface area contributed by atoms with Gasteiger partial charge >= 0.3 is 17.9 Å². The zero-order chi connectivity index (χ0) is 46.5. The molecule has 6 heteroatoms. The van der Waals surface area contributed by atoms with Crippen molar-refractivity contribution in [3.63, 3.8) is 0 Å². The Balaban J connectivity index is 4.51. The molecule has 0 aliphatic carbocycles. The molecule has 0 aliphatic heterocycles. The number of unbranched alkanes of at least 4 members (excludes halogenated alkanes) is 19. The molecule has 1 unspecified atom stereocenters. The summed E-state index contributed by atoms with van der Waals surface area (Å²) in [6.07, 6.45) is 68.3. The first-order valence-electron chi connectivity index (χ1n) is 26.2. The number of hydrogen-bond donors (Lipinski definition) is 0. The van der Waals surface area contributed by atoms with Gasteiger partial charge in [-0.2, -0.15) is 0 Å². The van der Waals surface area contributed by atoms with Crippen LogP contribution in [0.15, 0.2) is 97.2 Å². The molecule has 0 fully saturated rings. The van der Waals surface area contributed by atoms with Crippen LogP contribution in [-0.4, -0.2) is 37.2 Å². The van der Waals surface area contributed by atoms with Crippen molar-refractivity contribution in [2.75, 3.05) is 13.2 Å². The van der Waals surface area contributed by atoms with Crippen LogP contribution in [0.5, 0.6) is 0 Å². The van der Waals surface area contributed by atoms with Gasteiger partial charge in [0, 0.05) is 19.3 Å². The molecule has 364 valence electrons. The van der Waals surface area contributed by atoms with Gasteiger partial charge in [-0.15, -0.1) is 0 Å². The van der Waals surface area contributed by atoms with E-state index in [2.05, 4.69) is 112 Å². The molecule has 0 aliphatic rings. The molecule has 0 heterocycles. The lowest BCUT2D eigenvalue weighted by Gasteiger charge is -2.18. The van der Waals surface area contributed by atoms with E-state index in [9.17, 15) is 14.4 Å². The van der Waals surface area contributed by atoms with Crippen molar-refractivity contribution < 1.29 is 28.6 Å². The second-order valence-corrected chi connectivity index (χ2v) is 17.0. The van der Waals surface area contributed by atoms with E-state index in [1.807, 2.05) is 6.08 Å². The average Bonchev–Trinajstić information content (AvgIpc) is 3.29. The number of carbonyl (C=O) groups excluding carboxylic acids is 3. The van der Waals surface area contributed by atoms with Gasteiger partial charge in [0.1, 0.15) is 13.2 Å². The molecule has 0 spiro atoms. The molecule has 0 rings (SSSR count). The van der Waals surface area contributed by atoms with Crippen molar-refractivity contribution in [3.8, 4) is 0 Å². The van der Waals surface area contributed by atoms with E-state index in [-0.39, 0.29) is 37.5 Å². The lowest BCUT2D eigenvalue weighted by Crippen LogP contribution is -2.30. The number of rotatable bonds is 46. The van der Waals surface area contributed by atoms with Crippen molar-refractivity contribution in [3.05, 3.63) is 97.2 Å². The lowest BCUT2D eigenvalue weighted by atomic mass is 10.1. The zero-order valence-corrected chi connectivity index (χ0v) is 41.5. The highest BCUT2D eigenvalue weighted by atomic mass is 16.6. The molecule has 0 radical (unpaired) electrons. The first kappa shape index (κ1) is 60.3. The fourth-order valence-electron chi connectivity index (χ4n) is 6.85. The van der Waals surface area contributed by atoms with Gasteiger partial charge in [-0.3, -0.25) is 14.4 Å². The summed E-state index contributed by atoms with van der Waals surface area (Å²) in [5.74, 6) is -1.02. The Kier molecular flexibility index (Phi) is 49.0. The largest absolute Gasteiger partial charge is 0.462 e. The number of carbonyl (C=O) groups is 3. The molecule has 1 atom stereocenters. The normalized spacial score (nSPS) is 12.9. The summed E-state index contributed by atoms with van der Waals surface area (Å²) in [5.41, 5.74) is 0. The number of ether oxygens (including phenoxy) is 3. The number of hydrogen-bond acceptors (Lipinski definition) is 6. The summed E-state index contributed by atoms with van der Waals surface area (Å²) < 4.78 is 16.7. The highest BCUT2D eigenvalue weighted by Gasteiger charge is 2.19. The van der Waals surface area contributed by atoms with E-state index < -0.39 is 6.10 Å². The Morgan fingerprint density at radius 3 is 1.09 bits per heavy atom.